The van der Waals surface area contributed by atoms with Crippen LogP contribution in [0, 0.1) is 12.8 Å². The van der Waals surface area contributed by atoms with Crippen LogP contribution < -0.4 is 5.32 Å². The molecule has 31 heavy (non-hydrogen) atoms. The number of carbonyl (C=O) groups is 1. The highest BCUT2D eigenvalue weighted by molar-refractivity contribution is 6.30. The monoisotopic (exact) mass is 444 g/mol. The van der Waals surface area contributed by atoms with Gasteiger partial charge in [0.1, 0.15) is 5.76 Å². The Kier molecular flexibility index (Phi) is 7.64. The van der Waals surface area contributed by atoms with Crippen LogP contribution in [-0.4, -0.2) is 60.0 Å². The predicted octanol–water partition coefficient (Wildman–Crippen LogP) is 4.12. The molecule has 7 heteroatoms. The molecule has 1 aromatic carbocycles. The lowest BCUT2D eigenvalue weighted by Crippen LogP contribution is -2.41. The van der Waals surface area contributed by atoms with Crippen molar-refractivity contribution in [2.75, 3.05) is 39.3 Å². The van der Waals surface area contributed by atoms with Crippen molar-refractivity contribution in [1.82, 2.24) is 20.1 Å². The number of aromatic nitrogens is 1. The number of nitrogens with zero attached hydrogens (tertiary/aromatic N) is 3. The zero-order chi connectivity index (χ0) is 21.6. The number of nitrogens with one attached hydrogen (secondary N) is 1. The molecule has 2 aromatic rings. The number of oxazole rings is 1. The summed E-state index contributed by atoms with van der Waals surface area (Å²) in [6.07, 6.45) is 5.48. The van der Waals surface area contributed by atoms with Gasteiger partial charge in [-0.2, -0.15) is 0 Å². The van der Waals surface area contributed by atoms with E-state index in [9.17, 15) is 4.79 Å². The number of aryl methyl sites for hydroxylation is 1. The number of amides is 1. The third-order valence-electron chi connectivity index (χ3n) is 6.45. The quantitative estimate of drug-likeness (QED) is 0.620. The molecule has 6 nitrogen and oxygen atoms in total. The van der Waals surface area contributed by atoms with Crippen molar-refractivity contribution in [2.45, 2.75) is 45.6 Å². The van der Waals surface area contributed by atoms with Crippen LogP contribution in [0.3, 0.4) is 0 Å². The predicted molar refractivity (Wildman–Crippen MR) is 123 cm³/mol. The number of likely N-dealkylation sites (tertiary alicyclic amines) is 2. The van der Waals surface area contributed by atoms with E-state index < -0.39 is 0 Å². The Balaban J connectivity index is 1.20. The minimum absolute atomic E-state index is 0.128. The first kappa shape index (κ1) is 22.3. The Morgan fingerprint density at radius 3 is 2.71 bits per heavy atom. The molecule has 0 bridgehead atoms. The van der Waals surface area contributed by atoms with Gasteiger partial charge in [-0.15, -0.1) is 0 Å². The SMILES string of the molecule is Cc1oc(-c2cccc(Cl)c2)nc1CN1CCC(C(=O)NCCCN2CCCC2)CC1. The summed E-state index contributed by atoms with van der Waals surface area (Å²) in [4.78, 5) is 22.1. The second kappa shape index (κ2) is 10.6. The minimum Gasteiger partial charge on any atom is -0.441 e. The summed E-state index contributed by atoms with van der Waals surface area (Å²) < 4.78 is 5.88. The zero-order valence-corrected chi connectivity index (χ0v) is 19.2. The van der Waals surface area contributed by atoms with Crippen LogP contribution in [0.15, 0.2) is 28.7 Å². The number of carbonyl (C=O) groups excluding carboxylic acids is 1. The van der Waals surface area contributed by atoms with Crippen molar-refractivity contribution >= 4 is 17.5 Å². The average molecular weight is 445 g/mol. The van der Waals surface area contributed by atoms with Crippen molar-refractivity contribution in [3.8, 4) is 11.5 Å². The molecule has 1 amide bonds. The molecular formula is C24H33ClN4O2. The topological polar surface area (TPSA) is 61.6 Å². The van der Waals surface area contributed by atoms with Crippen molar-refractivity contribution in [2.24, 2.45) is 5.92 Å². The lowest BCUT2D eigenvalue weighted by atomic mass is 9.95. The molecule has 1 aromatic heterocycles. The van der Waals surface area contributed by atoms with Gasteiger partial charge in [0.15, 0.2) is 0 Å². The normalized spacial score (nSPS) is 18.5. The van der Waals surface area contributed by atoms with E-state index in [1.807, 2.05) is 31.2 Å². The maximum atomic E-state index is 12.5. The lowest BCUT2D eigenvalue weighted by molar-refractivity contribution is -0.126. The first-order chi connectivity index (χ1) is 15.1. The van der Waals surface area contributed by atoms with Crippen molar-refractivity contribution in [1.29, 1.82) is 0 Å². The van der Waals surface area contributed by atoms with Crippen LogP contribution in [0.4, 0.5) is 0 Å². The molecule has 0 saturated carbocycles. The van der Waals surface area contributed by atoms with Gasteiger partial charge in [0, 0.05) is 29.6 Å². The highest BCUT2D eigenvalue weighted by atomic mass is 35.5. The van der Waals surface area contributed by atoms with Crippen LogP contribution in [0.25, 0.3) is 11.5 Å². The number of benzene rings is 1. The smallest absolute Gasteiger partial charge is 0.226 e. The Bertz CT molecular complexity index is 870. The minimum atomic E-state index is 0.128. The summed E-state index contributed by atoms with van der Waals surface area (Å²) in [7, 11) is 0. The van der Waals surface area contributed by atoms with Gasteiger partial charge in [-0.05, 0) is 90.0 Å². The van der Waals surface area contributed by atoms with E-state index in [2.05, 4.69) is 15.1 Å². The van der Waals surface area contributed by atoms with Gasteiger partial charge in [0.05, 0.1) is 5.69 Å². The molecule has 2 aliphatic rings. The van der Waals surface area contributed by atoms with Gasteiger partial charge in [-0.25, -0.2) is 4.98 Å². The fourth-order valence-corrected chi connectivity index (χ4v) is 4.74. The number of hydrogen-bond acceptors (Lipinski definition) is 5. The summed E-state index contributed by atoms with van der Waals surface area (Å²) in [6, 6.07) is 7.57. The molecule has 0 aliphatic carbocycles. The third kappa shape index (κ3) is 6.09. The Morgan fingerprint density at radius 1 is 1.19 bits per heavy atom. The zero-order valence-electron chi connectivity index (χ0n) is 18.4. The van der Waals surface area contributed by atoms with E-state index >= 15 is 0 Å². The maximum absolute atomic E-state index is 12.5. The molecular weight excluding hydrogens is 412 g/mol. The van der Waals surface area contributed by atoms with Gasteiger partial charge in [0.25, 0.3) is 0 Å². The van der Waals surface area contributed by atoms with Gasteiger partial charge in [-0.1, -0.05) is 17.7 Å². The first-order valence-electron chi connectivity index (χ1n) is 11.5. The molecule has 2 fully saturated rings. The first-order valence-corrected chi connectivity index (χ1v) is 11.9. The molecule has 3 heterocycles. The molecule has 168 valence electrons. The Hall–Kier alpha value is -1.89. The molecule has 0 spiro atoms. The number of hydrogen-bond donors (Lipinski definition) is 1. The maximum Gasteiger partial charge on any atom is 0.226 e. The van der Waals surface area contributed by atoms with Crippen molar-refractivity contribution in [3.05, 3.63) is 40.7 Å². The van der Waals surface area contributed by atoms with E-state index in [1.165, 1.54) is 25.9 Å². The molecule has 0 radical (unpaired) electrons. The average Bonchev–Trinajstić information content (AvgIpc) is 3.42. The van der Waals surface area contributed by atoms with Crippen LogP contribution in [-0.2, 0) is 11.3 Å². The van der Waals surface area contributed by atoms with E-state index in [1.54, 1.807) is 0 Å². The fourth-order valence-electron chi connectivity index (χ4n) is 4.55. The van der Waals surface area contributed by atoms with Crippen LogP contribution in [0.2, 0.25) is 5.02 Å². The molecule has 4 rings (SSSR count). The van der Waals surface area contributed by atoms with Crippen LogP contribution in [0.1, 0.15) is 43.6 Å². The van der Waals surface area contributed by atoms with Gasteiger partial charge < -0.3 is 14.6 Å². The number of halogens is 1. The Morgan fingerprint density at radius 2 is 1.97 bits per heavy atom. The summed E-state index contributed by atoms with van der Waals surface area (Å²) in [6.45, 7) is 8.86. The second-order valence-corrected chi connectivity index (χ2v) is 9.21. The number of piperidine rings is 1. The van der Waals surface area contributed by atoms with Crippen LogP contribution >= 0.6 is 11.6 Å². The van der Waals surface area contributed by atoms with E-state index in [-0.39, 0.29) is 11.8 Å². The summed E-state index contributed by atoms with van der Waals surface area (Å²) >= 11 is 6.09. The molecule has 1 N–H and O–H groups in total. The molecule has 0 atom stereocenters. The largest absolute Gasteiger partial charge is 0.441 e. The summed E-state index contributed by atoms with van der Waals surface area (Å²) in [5.41, 5.74) is 1.85. The standard InChI is InChI=1S/C24H33ClN4O2/c1-18-22(27-24(31-18)20-6-4-7-21(25)16-20)17-29-14-8-19(9-15-29)23(30)26-10-5-13-28-11-2-3-12-28/h4,6-7,16,19H,2-3,5,8-15,17H2,1H3,(H,26,30). The number of rotatable bonds is 8. The fraction of sp³-hybridized carbons (Fsp3) is 0.583. The van der Waals surface area contributed by atoms with Crippen LogP contribution in [0.5, 0.6) is 0 Å². The van der Waals surface area contributed by atoms with Crippen molar-refractivity contribution < 1.29 is 9.21 Å². The van der Waals surface area contributed by atoms with Crippen molar-refractivity contribution in [3.63, 3.8) is 0 Å². The lowest BCUT2D eigenvalue weighted by Gasteiger charge is -2.30. The third-order valence-corrected chi connectivity index (χ3v) is 6.68. The Labute approximate surface area is 189 Å². The molecule has 0 unspecified atom stereocenters. The van der Waals surface area contributed by atoms with Gasteiger partial charge >= 0.3 is 0 Å². The van der Waals surface area contributed by atoms with E-state index in [4.69, 9.17) is 21.0 Å². The summed E-state index contributed by atoms with van der Waals surface area (Å²) in [5, 5.41) is 3.83. The highest BCUT2D eigenvalue weighted by Gasteiger charge is 2.26. The van der Waals surface area contributed by atoms with E-state index in [0.717, 1.165) is 69.0 Å². The second-order valence-electron chi connectivity index (χ2n) is 8.78. The van der Waals surface area contributed by atoms with Gasteiger partial charge in [-0.3, -0.25) is 9.69 Å². The molecule has 2 aliphatic heterocycles. The van der Waals surface area contributed by atoms with Gasteiger partial charge in [0.2, 0.25) is 11.8 Å². The summed E-state index contributed by atoms with van der Waals surface area (Å²) in [5.74, 6) is 1.80. The molecule has 2 saturated heterocycles. The highest BCUT2D eigenvalue weighted by Crippen LogP contribution is 2.26. The van der Waals surface area contributed by atoms with E-state index in [0.29, 0.717) is 10.9 Å².